The molecule has 1 unspecified atom stereocenters. The highest BCUT2D eigenvalue weighted by Gasteiger charge is 2.19. The number of aromatic nitrogens is 2. The number of aryl methyl sites for hydroxylation is 1. The maximum Gasteiger partial charge on any atom is 0.237 e. The quantitative estimate of drug-likeness (QED) is 0.433. The van der Waals surface area contributed by atoms with Gasteiger partial charge in [-0.05, 0) is 37.6 Å². The van der Waals surface area contributed by atoms with Crippen molar-refractivity contribution in [2.75, 3.05) is 5.32 Å². The molecule has 0 bridgehead atoms. The molecule has 0 aliphatic rings. The molecule has 3 rings (SSSR count). The first-order valence-corrected chi connectivity index (χ1v) is 9.95. The minimum atomic E-state index is -0.262. The van der Waals surface area contributed by atoms with Crippen LogP contribution in [0.2, 0.25) is 5.02 Å². The number of carbonyl (C=O) groups excluding carboxylic acids is 1. The Hall–Kier alpha value is -2.37. The average Bonchev–Trinajstić information content (AvgIpc) is 2.66. The Morgan fingerprint density at radius 3 is 2.59 bits per heavy atom. The van der Waals surface area contributed by atoms with Gasteiger partial charge in [0.15, 0.2) is 0 Å². The van der Waals surface area contributed by atoms with Crippen LogP contribution >= 0.6 is 23.4 Å². The van der Waals surface area contributed by atoms with Gasteiger partial charge in [0.25, 0.3) is 0 Å². The summed E-state index contributed by atoms with van der Waals surface area (Å²) in [6, 6.07) is 19.0. The lowest BCUT2D eigenvalue weighted by Crippen LogP contribution is -2.24. The number of nitrogens with zero attached hydrogens (tertiary/aromatic N) is 2. The van der Waals surface area contributed by atoms with E-state index >= 15 is 0 Å². The first kappa shape index (κ1) is 19.4. The highest BCUT2D eigenvalue weighted by atomic mass is 35.5. The zero-order chi connectivity index (χ0) is 19.2. The monoisotopic (exact) mass is 397 g/mol. The second kappa shape index (κ2) is 9.02. The van der Waals surface area contributed by atoms with Crippen molar-refractivity contribution in [3.05, 3.63) is 71.5 Å². The number of carbonyl (C=O) groups is 1. The molecule has 3 aromatic rings. The molecule has 0 spiro atoms. The summed E-state index contributed by atoms with van der Waals surface area (Å²) in [6.45, 7) is 3.85. The van der Waals surface area contributed by atoms with Gasteiger partial charge in [-0.3, -0.25) is 4.79 Å². The van der Waals surface area contributed by atoms with E-state index < -0.39 is 0 Å². The summed E-state index contributed by atoms with van der Waals surface area (Å²) in [6.07, 6.45) is 0.681. The Morgan fingerprint density at radius 2 is 1.89 bits per heavy atom. The van der Waals surface area contributed by atoms with Crippen LogP contribution in [0.3, 0.4) is 0 Å². The molecule has 6 heteroatoms. The maximum atomic E-state index is 12.7. The molecule has 27 heavy (non-hydrogen) atoms. The normalized spacial score (nSPS) is 11.8. The zero-order valence-electron chi connectivity index (χ0n) is 15.1. The van der Waals surface area contributed by atoms with Gasteiger partial charge in [-0.2, -0.15) is 0 Å². The van der Waals surface area contributed by atoms with Crippen molar-refractivity contribution in [2.24, 2.45) is 0 Å². The van der Waals surface area contributed by atoms with Gasteiger partial charge in [-0.1, -0.05) is 66.7 Å². The first-order chi connectivity index (χ1) is 13.0. The first-order valence-electron chi connectivity index (χ1n) is 8.69. The van der Waals surface area contributed by atoms with Crippen LogP contribution in [0.4, 0.5) is 5.69 Å². The predicted molar refractivity (Wildman–Crippen MR) is 112 cm³/mol. The Labute approximate surface area is 168 Å². The molecule has 138 valence electrons. The standard InChI is InChI=1S/C21H20ClN3OS/c1-3-19(21(26)25-17-11-7-10-16(22)12-17)27-20-13-18(23-14(2)24-20)15-8-5-4-6-9-15/h4-13,19H,3H2,1-2H3,(H,25,26). The predicted octanol–water partition coefficient (Wildman–Crippen LogP) is 5.61. The molecular formula is C21H20ClN3OS. The number of rotatable bonds is 6. The smallest absolute Gasteiger partial charge is 0.237 e. The van der Waals surface area contributed by atoms with Crippen molar-refractivity contribution < 1.29 is 4.79 Å². The van der Waals surface area contributed by atoms with Gasteiger partial charge in [0, 0.05) is 16.3 Å². The molecule has 1 N–H and O–H groups in total. The molecule has 0 fully saturated rings. The fourth-order valence-electron chi connectivity index (χ4n) is 2.61. The van der Waals surface area contributed by atoms with Crippen LogP contribution in [-0.2, 0) is 4.79 Å². The molecule has 0 saturated heterocycles. The van der Waals surface area contributed by atoms with Gasteiger partial charge in [-0.15, -0.1) is 0 Å². The SMILES string of the molecule is CCC(Sc1cc(-c2ccccc2)nc(C)n1)C(=O)Nc1cccc(Cl)c1. The molecule has 1 heterocycles. The summed E-state index contributed by atoms with van der Waals surface area (Å²) in [5.41, 5.74) is 2.58. The van der Waals surface area contributed by atoms with E-state index in [2.05, 4.69) is 15.3 Å². The van der Waals surface area contributed by atoms with Crippen LogP contribution in [0, 0.1) is 6.92 Å². The third kappa shape index (κ3) is 5.31. The minimum Gasteiger partial charge on any atom is -0.325 e. The van der Waals surface area contributed by atoms with E-state index in [1.165, 1.54) is 11.8 Å². The topological polar surface area (TPSA) is 54.9 Å². The zero-order valence-corrected chi connectivity index (χ0v) is 16.7. The van der Waals surface area contributed by atoms with E-state index in [-0.39, 0.29) is 11.2 Å². The average molecular weight is 398 g/mol. The number of benzene rings is 2. The Bertz CT molecular complexity index is 934. The van der Waals surface area contributed by atoms with Crippen LogP contribution in [0.5, 0.6) is 0 Å². The summed E-state index contributed by atoms with van der Waals surface area (Å²) in [5.74, 6) is 0.617. The van der Waals surface area contributed by atoms with Gasteiger partial charge < -0.3 is 5.32 Å². The molecule has 4 nitrogen and oxygen atoms in total. The van der Waals surface area contributed by atoms with E-state index in [9.17, 15) is 4.79 Å². The highest BCUT2D eigenvalue weighted by Crippen LogP contribution is 2.28. The second-order valence-corrected chi connectivity index (χ2v) is 7.68. The van der Waals surface area contributed by atoms with Crippen molar-refractivity contribution in [3.63, 3.8) is 0 Å². The fraction of sp³-hybridized carbons (Fsp3) is 0.190. The van der Waals surface area contributed by atoms with E-state index in [1.54, 1.807) is 12.1 Å². The van der Waals surface area contributed by atoms with Crippen LogP contribution in [-0.4, -0.2) is 21.1 Å². The van der Waals surface area contributed by atoms with Crippen LogP contribution in [0.1, 0.15) is 19.2 Å². The van der Waals surface area contributed by atoms with Gasteiger partial charge in [0.1, 0.15) is 10.9 Å². The summed E-state index contributed by atoms with van der Waals surface area (Å²) < 4.78 is 0. The number of halogens is 1. The number of hydrogen-bond acceptors (Lipinski definition) is 4. The molecule has 1 amide bonds. The molecule has 0 aliphatic heterocycles. The lowest BCUT2D eigenvalue weighted by molar-refractivity contribution is -0.115. The highest BCUT2D eigenvalue weighted by molar-refractivity contribution is 8.00. The Kier molecular flexibility index (Phi) is 6.48. The van der Waals surface area contributed by atoms with Crippen LogP contribution < -0.4 is 5.32 Å². The fourth-order valence-corrected chi connectivity index (χ4v) is 3.79. The van der Waals surface area contributed by atoms with Gasteiger partial charge in [-0.25, -0.2) is 9.97 Å². The lowest BCUT2D eigenvalue weighted by Gasteiger charge is -2.15. The molecule has 0 saturated carbocycles. The molecule has 0 aliphatic carbocycles. The Morgan fingerprint density at radius 1 is 1.11 bits per heavy atom. The molecular weight excluding hydrogens is 378 g/mol. The third-order valence-electron chi connectivity index (χ3n) is 3.90. The van der Waals surface area contributed by atoms with Crippen molar-refractivity contribution in [1.82, 2.24) is 9.97 Å². The molecule has 0 radical (unpaired) electrons. The number of hydrogen-bond donors (Lipinski definition) is 1. The van der Waals surface area contributed by atoms with Crippen molar-refractivity contribution >= 4 is 35.0 Å². The summed E-state index contributed by atoms with van der Waals surface area (Å²) in [7, 11) is 0. The largest absolute Gasteiger partial charge is 0.325 e. The van der Waals surface area contributed by atoms with Crippen molar-refractivity contribution in [1.29, 1.82) is 0 Å². The lowest BCUT2D eigenvalue weighted by atomic mass is 10.1. The van der Waals surface area contributed by atoms with Gasteiger partial charge in [0.2, 0.25) is 5.91 Å². The maximum absolute atomic E-state index is 12.7. The van der Waals surface area contributed by atoms with E-state index in [0.29, 0.717) is 23.0 Å². The summed E-state index contributed by atoms with van der Waals surface area (Å²) >= 11 is 7.44. The van der Waals surface area contributed by atoms with E-state index in [0.717, 1.165) is 16.3 Å². The third-order valence-corrected chi connectivity index (χ3v) is 5.42. The van der Waals surface area contributed by atoms with Gasteiger partial charge >= 0.3 is 0 Å². The molecule has 1 aromatic heterocycles. The van der Waals surface area contributed by atoms with Crippen molar-refractivity contribution in [2.45, 2.75) is 30.5 Å². The number of anilines is 1. The molecule has 1 atom stereocenters. The summed E-state index contributed by atoms with van der Waals surface area (Å²) in [4.78, 5) is 21.7. The van der Waals surface area contributed by atoms with Crippen LogP contribution in [0.25, 0.3) is 11.3 Å². The van der Waals surface area contributed by atoms with Gasteiger partial charge in [0.05, 0.1) is 10.9 Å². The summed E-state index contributed by atoms with van der Waals surface area (Å²) in [5, 5.41) is 4.04. The van der Waals surface area contributed by atoms with E-state index in [4.69, 9.17) is 11.6 Å². The van der Waals surface area contributed by atoms with Crippen molar-refractivity contribution in [3.8, 4) is 11.3 Å². The number of amides is 1. The molecule has 2 aromatic carbocycles. The number of thioether (sulfide) groups is 1. The Balaban J connectivity index is 1.78. The van der Waals surface area contributed by atoms with E-state index in [1.807, 2.05) is 62.4 Å². The second-order valence-electron chi connectivity index (χ2n) is 6.02. The number of nitrogens with one attached hydrogen (secondary N) is 1. The van der Waals surface area contributed by atoms with Crippen LogP contribution in [0.15, 0.2) is 65.7 Å². The minimum absolute atomic E-state index is 0.0673.